The van der Waals surface area contributed by atoms with E-state index in [4.69, 9.17) is 11.6 Å². The van der Waals surface area contributed by atoms with Gasteiger partial charge in [-0.15, -0.1) is 0 Å². The summed E-state index contributed by atoms with van der Waals surface area (Å²) in [6, 6.07) is 15.9. The molecule has 3 rings (SSSR count). The first-order valence-corrected chi connectivity index (χ1v) is 14.6. The Balaban J connectivity index is 2.10. The Morgan fingerprint density at radius 2 is 1.68 bits per heavy atom. The van der Waals surface area contributed by atoms with E-state index in [0.717, 1.165) is 17.7 Å². The number of sulfonamides is 1. The van der Waals surface area contributed by atoms with E-state index in [0.29, 0.717) is 28.9 Å². The first-order valence-electron chi connectivity index (χ1n) is 12.8. The van der Waals surface area contributed by atoms with Crippen LogP contribution in [0.25, 0.3) is 0 Å². The van der Waals surface area contributed by atoms with Crippen molar-refractivity contribution in [2.24, 2.45) is 0 Å². The summed E-state index contributed by atoms with van der Waals surface area (Å²) < 4.78 is 69.2. The molecule has 0 aliphatic heterocycles. The fourth-order valence-corrected chi connectivity index (χ4v) is 5.77. The molecule has 0 bridgehead atoms. The molecule has 0 fully saturated rings. The number of nitrogens with zero attached hydrogens (tertiary/aromatic N) is 2. The maximum Gasteiger partial charge on any atom is 0.417 e. The van der Waals surface area contributed by atoms with Crippen LogP contribution in [0, 0.1) is 6.92 Å². The van der Waals surface area contributed by atoms with Crippen LogP contribution >= 0.6 is 11.6 Å². The molecular weight excluding hydrogens is 579 g/mol. The van der Waals surface area contributed by atoms with Crippen molar-refractivity contribution in [2.45, 2.75) is 50.9 Å². The summed E-state index contributed by atoms with van der Waals surface area (Å²) in [5, 5.41) is 2.11. The average Bonchev–Trinajstić information content (AvgIpc) is 2.93. The normalized spacial score (nSPS) is 12.5. The lowest BCUT2D eigenvalue weighted by Crippen LogP contribution is -2.51. The minimum Gasteiger partial charge on any atom is -0.354 e. The number of hydrogen-bond donors (Lipinski definition) is 1. The largest absolute Gasteiger partial charge is 0.417 e. The minimum atomic E-state index is -4.87. The van der Waals surface area contributed by atoms with Crippen LogP contribution in [0.3, 0.4) is 0 Å². The third-order valence-electron chi connectivity index (χ3n) is 6.31. The van der Waals surface area contributed by atoms with Gasteiger partial charge < -0.3 is 10.2 Å². The number of alkyl halides is 3. The number of amides is 2. The zero-order chi connectivity index (χ0) is 30.4. The number of anilines is 1. The monoisotopic (exact) mass is 609 g/mol. The van der Waals surface area contributed by atoms with Crippen LogP contribution < -0.4 is 9.62 Å². The van der Waals surface area contributed by atoms with E-state index in [9.17, 15) is 31.2 Å². The van der Waals surface area contributed by atoms with Gasteiger partial charge in [0.25, 0.3) is 10.0 Å². The summed E-state index contributed by atoms with van der Waals surface area (Å²) in [7, 11) is -4.52. The molecule has 0 aliphatic rings. The van der Waals surface area contributed by atoms with Gasteiger partial charge in [-0.2, -0.15) is 13.2 Å². The van der Waals surface area contributed by atoms with Crippen molar-refractivity contribution in [1.82, 2.24) is 10.2 Å². The van der Waals surface area contributed by atoms with Gasteiger partial charge in [0.1, 0.15) is 12.6 Å². The maximum atomic E-state index is 13.9. The van der Waals surface area contributed by atoms with Gasteiger partial charge in [-0.25, -0.2) is 8.42 Å². The van der Waals surface area contributed by atoms with Crippen molar-refractivity contribution in [2.75, 3.05) is 17.4 Å². The van der Waals surface area contributed by atoms with Crippen LogP contribution in [0.15, 0.2) is 77.7 Å². The van der Waals surface area contributed by atoms with Crippen LogP contribution in [0.1, 0.15) is 37.0 Å². The first kappa shape index (κ1) is 32.0. The van der Waals surface area contributed by atoms with Crippen molar-refractivity contribution in [1.29, 1.82) is 0 Å². The van der Waals surface area contributed by atoms with Crippen molar-refractivity contribution in [3.05, 3.63) is 94.5 Å². The van der Waals surface area contributed by atoms with Gasteiger partial charge in [-0.3, -0.25) is 13.9 Å². The second-order valence-electron chi connectivity index (χ2n) is 9.46. The van der Waals surface area contributed by atoms with Crippen LogP contribution in [-0.4, -0.2) is 44.3 Å². The summed E-state index contributed by atoms with van der Waals surface area (Å²) >= 11 is 5.79. The van der Waals surface area contributed by atoms with Crippen molar-refractivity contribution in [3.63, 3.8) is 0 Å². The summed E-state index contributed by atoms with van der Waals surface area (Å²) in [6.45, 7) is 4.71. The Morgan fingerprint density at radius 1 is 1.00 bits per heavy atom. The number of halogens is 4. The van der Waals surface area contributed by atoms with Crippen molar-refractivity contribution in [3.8, 4) is 0 Å². The molecule has 12 heteroatoms. The molecule has 3 aromatic carbocycles. The Bertz CT molecular complexity index is 1480. The Kier molecular flexibility index (Phi) is 10.4. The third kappa shape index (κ3) is 8.01. The van der Waals surface area contributed by atoms with E-state index in [1.807, 2.05) is 26.0 Å². The lowest BCUT2D eigenvalue weighted by molar-refractivity contribution is -0.139. The Labute approximate surface area is 243 Å². The van der Waals surface area contributed by atoms with Gasteiger partial charge in [0.15, 0.2) is 0 Å². The van der Waals surface area contributed by atoms with Crippen LogP contribution in [0.4, 0.5) is 18.9 Å². The fraction of sp³-hybridized carbons (Fsp3) is 0.310. The third-order valence-corrected chi connectivity index (χ3v) is 8.42. The molecule has 2 amide bonds. The van der Waals surface area contributed by atoms with Gasteiger partial charge in [0.2, 0.25) is 11.8 Å². The lowest BCUT2D eigenvalue weighted by atomic mass is 10.1. The van der Waals surface area contributed by atoms with Gasteiger partial charge >= 0.3 is 6.18 Å². The van der Waals surface area contributed by atoms with Crippen LogP contribution in [0.2, 0.25) is 5.02 Å². The highest BCUT2D eigenvalue weighted by Gasteiger charge is 2.36. The molecule has 1 unspecified atom stereocenters. The summed E-state index contributed by atoms with van der Waals surface area (Å²) in [5.41, 5.74) is -0.0530. The van der Waals surface area contributed by atoms with E-state index in [2.05, 4.69) is 5.32 Å². The minimum absolute atomic E-state index is 0.0329. The molecule has 0 heterocycles. The molecule has 3 aromatic rings. The highest BCUT2D eigenvalue weighted by molar-refractivity contribution is 7.92. The zero-order valence-electron chi connectivity index (χ0n) is 22.8. The van der Waals surface area contributed by atoms with E-state index in [1.165, 1.54) is 36.1 Å². The molecule has 1 N–H and O–H groups in total. The molecule has 0 saturated carbocycles. The zero-order valence-corrected chi connectivity index (χ0v) is 24.4. The van der Waals surface area contributed by atoms with Crippen molar-refractivity contribution < 1.29 is 31.2 Å². The topological polar surface area (TPSA) is 86.8 Å². The van der Waals surface area contributed by atoms with Crippen molar-refractivity contribution >= 4 is 39.1 Å². The lowest BCUT2D eigenvalue weighted by Gasteiger charge is -2.32. The second-order valence-corrected chi connectivity index (χ2v) is 11.7. The maximum absolute atomic E-state index is 13.9. The molecule has 0 radical (unpaired) electrons. The number of rotatable bonds is 11. The number of benzene rings is 3. The molecule has 7 nitrogen and oxygen atoms in total. The predicted octanol–water partition coefficient (Wildman–Crippen LogP) is 5.81. The average molecular weight is 610 g/mol. The Morgan fingerprint density at radius 3 is 2.29 bits per heavy atom. The predicted molar refractivity (Wildman–Crippen MR) is 152 cm³/mol. The molecule has 220 valence electrons. The van der Waals surface area contributed by atoms with E-state index < -0.39 is 56.9 Å². The fourth-order valence-electron chi connectivity index (χ4n) is 4.12. The van der Waals surface area contributed by atoms with Gasteiger partial charge in [0, 0.05) is 13.1 Å². The summed E-state index contributed by atoms with van der Waals surface area (Å²) in [4.78, 5) is 27.7. The van der Waals surface area contributed by atoms with Gasteiger partial charge in [-0.1, -0.05) is 66.6 Å². The van der Waals surface area contributed by atoms with E-state index in [-0.39, 0.29) is 11.4 Å². The number of aryl methyl sites for hydroxylation is 1. The highest BCUT2D eigenvalue weighted by Crippen LogP contribution is 2.38. The number of nitrogens with one attached hydrogen (secondary N) is 1. The number of carbonyl (C=O) groups excluding carboxylic acids is 2. The molecule has 0 saturated heterocycles. The van der Waals surface area contributed by atoms with Crippen LogP contribution in [-0.2, 0) is 32.3 Å². The smallest absolute Gasteiger partial charge is 0.354 e. The Hall–Kier alpha value is -3.57. The summed E-state index contributed by atoms with van der Waals surface area (Å²) in [5.74, 6) is -1.23. The second kappa shape index (κ2) is 13.4. The number of hydrogen-bond acceptors (Lipinski definition) is 4. The quantitative estimate of drug-likeness (QED) is 0.297. The standard InChI is InChI=1S/C29H31ClF3N3O4S/c1-4-15-34-28(38)21(3)35(18-22-10-8-9-20(2)16-22)27(37)19-36(41(39,40)24-11-6-5-7-12-24)23-13-14-26(30)25(17-23)29(31,32)33/h5-14,16-17,21H,4,15,18-19H2,1-3H3,(H,34,38). The molecule has 0 aromatic heterocycles. The van der Waals surface area contributed by atoms with E-state index >= 15 is 0 Å². The highest BCUT2D eigenvalue weighted by atomic mass is 35.5. The van der Waals surface area contributed by atoms with Gasteiger partial charge in [-0.05, 0) is 56.2 Å². The molecule has 1 atom stereocenters. The SMILES string of the molecule is CCCNC(=O)C(C)N(Cc1cccc(C)c1)C(=O)CN(c1ccc(Cl)c(C(F)(F)F)c1)S(=O)(=O)c1ccccc1. The summed E-state index contributed by atoms with van der Waals surface area (Å²) in [6.07, 6.45) is -4.21. The molecule has 41 heavy (non-hydrogen) atoms. The van der Waals surface area contributed by atoms with Gasteiger partial charge in [0.05, 0.1) is 21.2 Å². The number of carbonyl (C=O) groups is 2. The van der Waals surface area contributed by atoms with E-state index in [1.54, 1.807) is 18.2 Å². The first-order chi connectivity index (χ1) is 19.3. The molecule has 0 aliphatic carbocycles. The molecular formula is C29H31ClF3N3O4S. The molecule has 0 spiro atoms. The van der Waals surface area contributed by atoms with Crippen LogP contribution in [0.5, 0.6) is 0 Å².